The topological polar surface area (TPSA) is 12.0 Å². The highest BCUT2D eigenvalue weighted by Gasteiger charge is 2.06. The van der Waals surface area contributed by atoms with Crippen LogP contribution in [-0.2, 0) is 6.42 Å². The minimum Gasteiger partial charge on any atom is -0.314 e. The van der Waals surface area contributed by atoms with Crippen molar-refractivity contribution in [2.24, 2.45) is 0 Å². The SMILES string of the molecule is CCCC(CCCc1ccccc1Cl)NCC. The van der Waals surface area contributed by atoms with Gasteiger partial charge in [0.05, 0.1) is 0 Å². The number of aryl methyl sites for hydroxylation is 1. The average Bonchev–Trinajstić information content (AvgIpc) is 2.32. The van der Waals surface area contributed by atoms with Gasteiger partial charge < -0.3 is 5.32 Å². The van der Waals surface area contributed by atoms with Crippen molar-refractivity contribution in [3.63, 3.8) is 0 Å². The second kappa shape index (κ2) is 8.54. The third-order valence-electron chi connectivity index (χ3n) is 3.09. The maximum absolute atomic E-state index is 6.15. The van der Waals surface area contributed by atoms with Gasteiger partial charge in [0, 0.05) is 11.1 Å². The van der Waals surface area contributed by atoms with Crippen LogP contribution in [0.1, 0.15) is 45.1 Å². The summed E-state index contributed by atoms with van der Waals surface area (Å²) in [6.07, 6.45) is 6.07. The smallest absolute Gasteiger partial charge is 0.0437 e. The van der Waals surface area contributed by atoms with Crippen molar-refractivity contribution >= 4 is 11.6 Å². The molecule has 1 N–H and O–H groups in total. The van der Waals surface area contributed by atoms with Crippen molar-refractivity contribution < 1.29 is 0 Å². The van der Waals surface area contributed by atoms with Crippen molar-refractivity contribution in [2.45, 2.75) is 52.0 Å². The lowest BCUT2D eigenvalue weighted by molar-refractivity contribution is 0.447. The first-order valence-corrected chi connectivity index (χ1v) is 7.12. The highest BCUT2D eigenvalue weighted by molar-refractivity contribution is 6.31. The van der Waals surface area contributed by atoms with E-state index < -0.39 is 0 Å². The minimum absolute atomic E-state index is 0.674. The molecule has 0 aliphatic rings. The van der Waals surface area contributed by atoms with Crippen LogP contribution in [0.5, 0.6) is 0 Å². The van der Waals surface area contributed by atoms with Crippen LogP contribution < -0.4 is 5.32 Å². The quantitative estimate of drug-likeness (QED) is 0.722. The lowest BCUT2D eigenvalue weighted by Gasteiger charge is -2.16. The van der Waals surface area contributed by atoms with Gasteiger partial charge in [-0.25, -0.2) is 0 Å². The van der Waals surface area contributed by atoms with E-state index >= 15 is 0 Å². The van der Waals surface area contributed by atoms with E-state index in [9.17, 15) is 0 Å². The van der Waals surface area contributed by atoms with E-state index in [0.29, 0.717) is 6.04 Å². The summed E-state index contributed by atoms with van der Waals surface area (Å²) in [5.74, 6) is 0. The molecular formula is C15H24ClN. The van der Waals surface area contributed by atoms with Gasteiger partial charge >= 0.3 is 0 Å². The summed E-state index contributed by atoms with van der Waals surface area (Å²) >= 11 is 6.15. The molecule has 1 aromatic rings. The number of hydrogen-bond acceptors (Lipinski definition) is 1. The fourth-order valence-electron chi connectivity index (χ4n) is 2.23. The summed E-state index contributed by atoms with van der Waals surface area (Å²) in [5, 5.41) is 4.46. The van der Waals surface area contributed by atoms with E-state index in [1.54, 1.807) is 0 Å². The van der Waals surface area contributed by atoms with Gasteiger partial charge in [-0.05, 0) is 43.9 Å². The first-order valence-electron chi connectivity index (χ1n) is 6.74. The number of halogens is 1. The fraction of sp³-hybridized carbons (Fsp3) is 0.600. The second-order valence-electron chi connectivity index (χ2n) is 4.53. The largest absolute Gasteiger partial charge is 0.314 e. The molecule has 1 atom stereocenters. The zero-order valence-corrected chi connectivity index (χ0v) is 11.8. The van der Waals surface area contributed by atoms with Gasteiger partial charge in [-0.2, -0.15) is 0 Å². The summed E-state index contributed by atoms with van der Waals surface area (Å²) in [6, 6.07) is 8.83. The molecule has 0 aliphatic heterocycles. The van der Waals surface area contributed by atoms with Crippen LogP contribution >= 0.6 is 11.6 Å². The van der Waals surface area contributed by atoms with Crippen LogP contribution in [0.15, 0.2) is 24.3 Å². The van der Waals surface area contributed by atoms with Crippen LogP contribution in [-0.4, -0.2) is 12.6 Å². The number of nitrogens with one attached hydrogen (secondary N) is 1. The van der Waals surface area contributed by atoms with Crippen molar-refractivity contribution in [1.29, 1.82) is 0 Å². The van der Waals surface area contributed by atoms with Gasteiger partial charge in [-0.1, -0.05) is 50.1 Å². The molecule has 0 bridgehead atoms. The van der Waals surface area contributed by atoms with Crippen LogP contribution in [0, 0.1) is 0 Å². The maximum Gasteiger partial charge on any atom is 0.0437 e. The molecule has 17 heavy (non-hydrogen) atoms. The molecule has 1 nitrogen and oxygen atoms in total. The summed E-state index contributed by atoms with van der Waals surface area (Å²) in [5.41, 5.74) is 1.28. The molecule has 0 radical (unpaired) electrons. The van der Waals surface area contributed by atoms with E-state index in [4.69, 9.17) is 11.6 Å². The predicted molar refractivity (Wildman–Crippen MR) is 76.8 cm³/mol. The van der Waals surface area contributed by atoms with Crippen LogP contribution in [0.3, 0.4) is 0 Å². The van der Waals surface area contributed by atoms with E-state index in [0.717, 1.165) is 18.0 Å². The molecule has 1 rings (SSSR count). The average molecular weight is 254 g/mol. The van der Waals surface area contributed by atoms with E-state index in [1.807, 2.05) is 12.1 Å². The molecule has 96 valence electrons. The summed E-state index contributed by atoms with van der Waals surface area (Å²) < 4.78 is 0. The molecule has 1 unspecified atom stereocenters. The molecule has 0 amide bonds. The van der Waals surface area contributed by atoms with E-state index in [2.05, 4.69) is 31.3 Å². The zero-order valence-electron chi connectivity index (χ0n) is 11.0. The van der Waals surface area contributed by atoms with Crippen molar-refractivity contribution in [1.82, 2.24) is 5.32 Å². The lowest BCUT2D eigenvalue weighted by atomic mass is 10.0. The molecule has 0 spiro atoms. The molecule has 0 heterocycles. The highest BCUT2D eigenvalue weighted by Crippen LogP contribution is 2.18. The maximum atomic E-state index is 6.15. The van der Waals surface area contributed by atoms with E-state index in [-0.39, 0.29) is 0 Å². The van der Waals surface area contributed by atoms with Gasteiger partial charge in [0.2, 0.25) is 0 Å². The van der Waals surface area contributed by atoms with Crippen molar-refractivity contribution in [3.05, 3.63) is 34.9 Å². The highest BCUT2D eigenvalue weighted by atomic mass is 35.5. The van der Waals surface area contributed by atoms with Crippen molar-refractivity contribution in [3.8, 4) is 0 Å². The summed E-state index contributed by atoms with van der Waals surface area (Å²) in [4.78, 5) is 0. The second-order valence-corrected chi connectivity index (χ2v) is 4.93. The molecule has 0 saturated heterocycles. The van der Waals surface area contributed by atoms with Gasteiger partial charge in [-0.3, -0.25) is 0 Å². The zero-order chi connectivity index (χ0) is 12.5. The Morgan fingerprint density at radius 1 is 1.18 bits per heavy atom. The Morgan fingerprint density at radius 3 is 2.59 bits per heavy atom. The molecule has 1 aromatic carbocycles. The van der Waals surface area contributed by atoms with Crippen LogP contribution in [0.2, 0.25) is 5.02 Å². The number of rotatable bonds is 8. The standard InChI is InChI=1S/C15H24ClN/c1-3-8-14(17-4-2)11-7-10-13-9-5-6-12-15(13)16/h5-6,9,12,14,17H,3-4,7-8,10-11H2,1-2H3. The van der Waals surface area contributed by atoms with Gasteiger partial charge in [0.25, 0.3) is 0 Å². The molecule has 0 saturated carbocycles. The number of benzene rings is 1. The summed E-state index contributed by atoms with van der Waals surface area (Å²) in [6.45, 7) is 5.49. The molecule has 0 aromatic heterocycles. The lowest BCUT2D eigenvalue weighted by Crippen LogP contribution is -2.28. The van der Waals surface area contributed by atoms with Crippen molar-refractivity contribution in [2.75, 3.05) is 6.54 Å². The third kappa shape index (κ3) is 5.56. The monoisotopic (exact) mass is 253 g/mol. The van der Waals surface area contributed by atoms with E-state index in [1.165, 1.54) is 31.2 Å². The molecule has 0 fully saturated rings. The normalized spacial score (nSPS) is 12.6. The van der Waals surface area contributed by atoms with Gasteiger partial charge in [-0.15, -0.1) is 0 Å². The molecular weight excluding hydrogens is 230 g/mol. The Bertz CT molecular complexity index is 306. The Balaban J connectivity index is 2.33. The van der Waals surface area contributed by atoms with Gasteiger partial charge in [0.15, 0.2) is 0 Å². The first kappa shape index (κ1) is 14.5. The summed E-state index contributed by atoms with van der Waals surface area (Å²) in [7, 11) is 0. The number of hydrogen-bond donors (Lipinski definition) is 1. The van der Waals surface area contributed by atoms with Crippen LogP contribution in [0.4, 0.5) is 0 Å². The van der Waals surface area contributed by atoms with Gasteiger partial charge in [0.1, 0.15) is 0 Å². The van der Waals surface area contributed by atoms with Crippen LogP contribution in [0.25, 0.3) is 0 Å². The molecule has 2 heteroatoms. The minimum atomic E-state index is 0.674. The fourth-order valence-corrected chi connectivity index (χ4v) is 2.46. The Morgan fingerprint density at radius 2 is 1.94 bits per heavy atom. The molecule has 0 aliphatic carbocycles. The Labute approximate surface area is 111 Å². The first-order chi connectivity index (χ1) is 8.27. The third-order valence-corrected chi connectivity index (χ3v) is 3.46. The Kier molecular flexibility index (Phi) is 7.30. The Hall–Kier alpha value is -0.530. The predicted octanol–water partition coefficient (Wildman–Crippen LogP) is 4.44.